The fourth-order valence-electron chi connectivity index (χ4n) is 5.60. The molecule has 1 N–H and O–H groups in total. The van der Waals surface area contributed by atoms with Gasteiger partial charge in [0.2, 0.25) is 15.9 Å². The zero-order valence-corrected chi connectivity index (χ0v) is 24.2. The Labute approximate surface area is 234 Å². The zero-order valence-electron chi connectivity index (χ0n) is 22.6. The summed E-state index contributed by atoms with van der Waals surface area (Å²) in [6, 6.07) is 13.4. The lowest BCUT2D eigenvalue weighted by Gasteiger charge is -2.53. The third-order valence-electron chi connectivity index (χ3n) is 8.19. The molecule has 1 amide bonds. The summed E-state index contributed by atoms with van der Waals surface area (Å²) in [7, 11) is -3.85. The second kappa shape index (κ2) is 10.7. The van der Waals surface area contributed by atoms with E-state index in [1.165, 1.54) is 35.1 Å². The summed E-state index contributed by atoms with van der Waals surface area (Å²) in [6.07, 6.45) is 3.27. The van der Waals surface area contributed by atoms with Crippen molar-refractivity contribution in [2.45, 2.75) is 56.9 Å². The van der Waals surface area contributed by atoms with Crippen LogP contribution in [-0.2, 0) is 14.8 Å². The van der Waals surface area contributed by atoms with Crippen LogP contribution in [0.3, 0.4) is 0 Å². The molecule has 2 fully saturated rings. The van der Waals surface area contributed by atoms with Gasteiger partial charge >= 0.3 is 0 Å². The normalized spacial score (nSPS) is 19.7. The van der Waals surface area contributed by atoms with Crippen LogP contribution in [0.15, 0.2) is 58.8 Å². The molecule has 0 saturated carbocycles. The summed E-state index contributed by atoms with van der Waals surface area (Å²) in [5.74, 6) is -0.660. The highest BCUT2D eigenvalue weighted by Gasteiger charge is 2.49. The van der Waals surface area contributed by atoms with Gasteiger partial charge < -0.3 is 5.32 Å². The number of thiazole rings is 1. The fraction of sp³-hybridized carbons (Fsp3) is 0.448. The van der Waals surface area contributed by atoms with Gasteiger partial charge in [-0.3, -0.25) is 9.69 Å². The van der Waals surface area contributed by atoms with E-state index in [2.05, 4.69) is 15.2 Å². The lowest BCUT2D eigenvalue weighted by molar-refractivity contribution is -0.118. The van der Waals surface area contributed by atoms with Crippen molar-refractivity contribution in [3.05, 3.63) is 65.3 Å². The summed E-state index contributed by atoms with van der Waals surface area (Å²) < 4.78 is 42.6. The van der Waals surface area contributed by atoms with E-state index in [1.54, 1.807) is 4.31 Å². The largest absolute Gasteiger partial charge is 0.301 e. The van der Waals surface area contributed by atoms with Crippen LogP contribution >= 0.6 is 11.3 Å². The molecule has 1 aromatic heterocycles. The van der Waals surface area contributed by atoms with Crippen molar-refractivity contribution < 1.29 is 17.6 Å². The van der Waals surface area contributed by atoms with Crippen LogP contribution in [0.25, 0.3) is 11.3 Å². The molecule has 2 aromatic carbocycles. The van der Waals surface area contributed by atoms with Crippen molar-refractivity contribution in [3.63, 3.8) is 0 Å². The van der Waals surface area contributed by atoms with Gasteiger partial charge in [0, 0.05) is 23.0 Å². The Morgan fingerprint density at radius 2 is 1.79 bits per heavy atom. The Hall–Kier alpha value is -2.66. The molecule has 3 aromatic rings. The van der Waals surface area contributed by atoms with Crippen molar-refractivity contribution >= 4 is 32.4 Å². The number of nitrogens with zero attached hydrogens (tertiary/aromatic N) is 3. The highest BCUT2D eigenvalue weighted by molar-refractivity contribution is 7.89. The Morgan fingerprint density at radius 1 is 1.08 bits per heavy atom. The summed E-state index contributed by atoms with van der Waals surface area (Å²) in [6.45, 7) is 8.03. The number of carbonyl (C=O) groups excluding carboxylic acids is 1. The van der Waals surface area contributed by atoms with Gasteiger partial charge in [-0.1, -0.05) is 35.9 Å². The van der Waals surface area contributed by atoms with E-state index in [1.807, 2.05) is 50.4 Å². The van der Waals surface area contributed by atoms with Crippen molar-refractivity contribution in [1.29, 1.82) is 0 Å². The molecule has 0 unspecified atom stereocenters. The Morgan fingerprint density at radius 3 is 2.49 bits per heavy atom. The van der Waals surface area contributed by atoms with E-state index in [4.69, 9.17) is 0 Å². The summed E-state index contributed by atoms with van der Waals surface area (Å²) in [4.78, 5) is 19.5. The number of aromatic nitrogens is 1. The average molecular weight is 571 g/mol. The number of aryl methyl sites for hydroxylation is 1. The standard InChI is InChI=1S/C29H35FN4O3S2/c1-21-7-9-22(10-8-21)25-19-38-27(31-25)32-26(35)18-33-15-13-29(14-16-33)12-11-28(2,3)34(20-29)39(36,37)24-6-4-5-23(30)17-24/h4-10,17,19H,11-16,18,20H2,1-3H3,(H,31,32,35). The SMILES string of the molecule is Cc1ccc(-c2csc(NC(=O)CN3CCC4(CC3)CCC(C)(C)N(S(=O)(=O)c3cccc(F)c3)C4)n2)cc1. The van der Waals surface area contributed by atoms with Crippen LogP contribution in [0.1, 0.15) is 45.1 Å². The van der Waals surface area contributed by atoms with Crippen molar-refractivity contribution in [2.24, 2.45) is 5.41 Å². The molecular formula is C29H35FN4O3S2. The molecule has 0 bridgehead atoms. The van der Waals surface area contributed by atoms with Crippen molar-refractivity contribution in [2.75, 3.05) is 31.5 Å². The second-order valence-electron chi connectivity index (χ2n) is 11.5. The van der Waals surface area contributed by atoms with E-state index in [0.717, 1.165) is 43.0 Å². The number of anilines is 1. The van der Waals surface area contributed by atoms with E-state index >= 15 is 0 Å². The molecule has 10 heteroatoms. The van der Waals surface area contributed by atoms with Crippen molar-refractivity contribution in [1.82, 2.24) is 14.2 Å². The number of hydrogen-bond acceptors (Lipinski definition) is 6. The first kappa shape index (κ1) is 27.9. The molecule has 0 radical (unpaired) electrons. The number of carbonyl (C=O) groups is 1. The minimum atomic E-state index is -3.85. The third kappa shape index (κ3) is 6.09. The molecule has 0 atom stereocenters. The van der Waals surface area contributed by atoms with Gasteiger partial charge in [0.05, 0.1) is 17.1 Å². The molecule has 2 aliphatic heterocycles. The number of rotatable bonds is 6. The van der Waals surface area contributed by atoms with Gasteiger partial charge in [0.1, 0.15) is 5.82 Å². The van der Waals surface area contributed by atoms with Crippen LogP contribution in [-0.4, -0.2) is 60.2 Å². The molecule has 0 aliphatic carbocycles. The van der Waals surface area contributed by atoms with Crippen LogP contribution in [0.5, 0.6) is 0 Å². The molecule has 39 heavy (non-hydrogen) atoms. The van der Waals surface area contributed by atoms with Gasteiger partial charge in [0.25, 0.3) is 0 Å². The smallest absolute Gasteiger partial charge is 0.243 e. The summed E-state index contributed by atoms with van der Waals surface area (Å²) in [5.41, 5.74) is 2.33. The lowest BCUT2D eigenvalue weighted by atomic mass is 9.69. The molecule has 3 heterocycles. The monoisotopic (exact) mass is 570 g/mol. The highest BCUT2D eigenvalue weighted by Crippen LogP contribution is 2.46. The maximum Gasteiger partial charge on any atom is 0.243 e. The number of hydrogen-bond donors (Lipinski definition) is 1. The minimum absolute atomic E-state index is 0.00513. The Kier molecular flexibility index (Phi) is 7.67. The van der Waals surface area contributed by atoms with E-state index in [-0.39, 0.29) is 22.8 Å². The number of halogens is 1. The van der Waals surface area contributed by atoms with Crippen LogP contribution in [0.4, 0.5) is 9.52 Å². The average Bonchev–Trinajstić information content (AvgIpc) is 3.35. The zero-order chi connectivity index (χ0) is 27.8. The van der Waals surface area contributed by atoms with E-state index in [9.17, 15) is 17.6 Å². The topological polar surface area (TPSA) is 82.6 Å². The van der Waals surface area contributed by atoms with Gasteiger partial charge in [-0.25, -0.2) is 17.8 Å². The molecule has 7 nitrogen and oxygen atoms in total. The first-order valence-corrected chi connectivity index (χ1v) is 15.6. The summed E-state index contributed by atoms with van der Waals surface area (Å²) >= 11 is 1.41. The first-order chi connectivity index (χ1) is 18.5. The van der Waals surface area contributed by atoms with Gasteiger partial charge in [-0.05, 0) is 83.2 Å². The molecule has 208 valence electrons. The number of sulfonamides is 1. The maximum absolute atomic E-state index is 13.9. The van der Waals surface area contributed by atoms with Crippen LogP contribution in [0, 0.1) is 18.2 Å². The molecule has 5 rings (SSSR count). The Bertz CT molecular complexity index is 1450. The quantitative estimate of drug-likeness (QED) is 0.421. The maximum atomic E-state index is 13.9. The molecule has 2 aliphatic rings. The fourth-order valence-corrected chi connectivity index (χ4v) is 8.29. The van der Waals surface area contributed by atoms with Crippen LogP contribution < -0.4 is 5.32 Å². The predicted octanol–water partition coefficient (Wildman–Crippen LogP) is 5.54. The number of benzene rings is 2. The highest BCUT2D eigenvalue weighted by atomic mass is 32.2. The molecular weight excluding hydrogens is 535 g/mol. The lowest BCUT2D eigenvalue weighted by Crippen LogP contribution is -2.59. The minimum Gasteiger partial charge on any atom is -0.301 e. The predicted molar refractivity (Wildman–Crippen MR) is 153 cm³/mol. The van der Waals surface area contributed by atoms with E-state index in [0.29, 0.717) is 24.8 Å². The van der Waals surface area contributed by atoms with Gasteiger partial charge in [0.15, 0.2) is 5.13 Å². The second-order valence-corrected chi connectivity index (χ2v) is 14.2. The number of piperidine rings is 2. The van der Waals surface area contributed by atoms with Crippen molar-refractivity contribution in [3.8, 4) is 11.3 Å². The first-order valence-electron chi connectivity index (χ1n) is 13.3. The van der Waals surface area contributed by atoms with Gasteiger partial charge in [-0.15, -0.1) is 11.3 Å². The van der Waals surface area contributed by atoms with E-state index < -0.39 is 21.4 Å². The third-order valence-corrected chi connectivity index (χ3v) is 11.0. The molecule has 2 saturated heterocycles. The molecule has 1 spiro atoms. The number of amides is 1. The number of likely N-dealkylation sites (tertiary alicyclic amines) is 1. The summed E-state index contributed by atoms with van der Waals surface area (Å²) in [5, 5.41) is 5.45. The Balaban J connectivity index is 1.19. The van der Waals surface area contributed by atoms with Crippen LogP contribution in [0.2, 0.25) is 0 Å². The van der Waals surface area contributed by atoms with Gasteiger partial charge in [-0.2, -0.15) is 4.31 Å². The number of nitrogens with one attached hydrogen (secondary N) is 1.